The Bertz CT molecular complexity index is 471. The van der Waals surface area contributed by atoms with Gasteiger partial charge in [0.2, 0.25) is 0 Å². The lowest BCUT2D eigenvalue weighted by atomic mass is 9.86. The fourth-order valence-corrected chi connectivity index (χ4v) is 3.10. The zero-order valence-corrected chi connectivity index (χ0v) is 12.2. The Labute approximate surface area is 122 Å². The quantitative estimate of drug-likeness (QED) is 0.638. The SMILES string of the molecule is CC1CCCCC1Nc1c(Cl)cc([N+](=O)[O-])cc1Cl. The third-order valence-corrected chi connectivity index (χ3v) is 4.28. The van der Waals surface area contributed by atoms with E-state index in [9.17, 15) is 10.1 Å². The van der Waals surface area contributed by atoms with E-state index in [0.29, 0.717) is 27.7 Å². The Balaban J connectivity index is 2.22. The van der Waals surface area contributed by atoms with Gasteiger partial charge in [-0.2, -0.15) is 0 Å². The van der Waals surface area contributed by atoms with Gasteiger partial charge in [0.25, 0.3) is 5.69 Å². The number of nitro benzene ring substituents is 1. The topological polar surface area (TPSA) is 55.2 Å². The minimum absolute atomic E-state index is 0.0859. The summed E-state index contributed by atoms with van der Waals surface area (Å²) in [5.41, 5.74) is 0.518. The second kappa shape index (κ2) is 5.97. The molecule has 104 valence electrons. The van der Waals surface area contributed by atoms with E-state index in [1.165, 1.54) is 31.4 Å². The van der Waals surface area contributed by atoms with E-state index in [0.717, 1.165) is 6.42 Å². The van der Waals surface area contributed by atoms with Crippen molar-refractivity contribution in [2.75, 3.05) is 5.32 Å². The van der Waals surface area contributed by atoms with Crippen molar-refractivity contribution in [3.05, 3.63) is 32.3 Å². The van der Waals surface area contributed by atoms with Crippen LogP contribution < -0.4 is 5.32 Å². The minimum atomic E-state index is -0.495. The van der Waals surface area contributed by atoms with Gasteiger partial charge in [-0.15, -0.1) is 0 Å². The first-order valence-corrected chi connectivity index (χ1v) is 7.14. The average Bonchev–Trinajstić information content (AvgIpc) is 2.35. The Morgan fingerprint density at radius 3 is 2.37 bits per heavy atom. The standard InChI is InChI=1S/C13H16Cl2N2O2/c1-8-4-2-3-5-12(8)16-13-10(14)6-9(17(18)19)7-11(13)15/h6-8,12,16H,2-5H2,1H3. The molecule has 0 heterocycles. The van der Waals surface area contributed by atoms with Crippen LogP contribution in [0.1, 0.15) is 32.6 Å². The second-order valence-corrected chi connectivity index (χ2v) is 5.87. The van der Waals surface area contributed by atoms with Gasteiger partial charge >= 0.3 is 0 Å². The molecule has 0 bridgehead atoms. The highest BCUT2D eigenvalue weighted by molar-refractivity contribution is 6.39. The molecule has 1 aromatic rings. The fourth-order valence-electron chi connectivity index (χ4n) is 2.52. The maximum atomic E-state index is 10.7. The van der Waals surface area contributed by atoms with Gasteiger partial charge in [-0.25, -0.2) is 0 Å². The van der Waals surface area contributed by atoms with Crippen molar-refractivity contribution in [2.45, 2.75) is 38.6 Å². The second-order valence-electron chi connectivity index (χ2n) is 5.05. The number of non-ortho nitro benzene ring substituents is 1. The molecule has 0 amide bonds. The molecule has 1 saturated carbocycles. The highest BCUT2D eigenvalue weighted by Crippen LogP contribution is 2.37. The van der Waals surface area contributed by atoms with E-state index in [2.05, 4.69) is 12.2 Å². The molecule has 6 heteroatoms. The third kappa shape index (κ3) is 3.31. The van der Waals surface area contributed by atoms with E-state index in [1.54, 1.807) is 0 Å². The molecule has 1 fully saturated rings. The summed E-state index contributed by atoms with van der Waals surface area (Å²) in [4.78, 5) is 10.2. The Morgan fingerprint density at radius 2 is 1.84 bits per heavy atom. The van der Waals surface area contributed by atoms with Gasteiger partial charge in [0.1, 0.15) is 0 Å². The van der Waals surface area contributed by atoms with Crippen LogP contribution in [-0.2, 0) is 0 Å². The van der Waals surface area contributed by atoms with E-state index in [4.69, 9.17) is 23.2 Å². The van der Waals surface area contributed by atoms with E-state index < -0.39 is 4.92 Å². The maximum absolute atomic E-state index is 10.7. The molecule has 1 N–H and O–H groups in total. The summed E-state index contributed by atoms with van der Waals surface area (Å²) in [6.07, 6.45) is 4.69. The van der Waals surface area contributed by atoms with Crippen LogP contribution in [0.3, 0.4) is 0 Å². The average molecular weight is 303 g/mol. The largest absolute Gasteiger partial charge is 0.380 e. The van der Waals surface area contributed by atoms with Gasteiger partial charge in [0.05, 0.1) is 20.7 Å². The van der Waals surface area contributed by atoms with Crippen molar-refractivity contribution in [3.63, 3.8) is 0 Å². The van der Waals surface area contributed by atoms with Gasteiger partial charge in [0, 0.05) is 18.2 Å². The molecule has 1 aliphatic carbocycles. The normalized spacial score (nSPS) is 23.1. The summed E-state index contributed by atoms with van der Waals surface area (Å²) in [5.74, 6) is 0.552. The molecule has 2 rings (SSSR count). The molecule has 2 unspecified atom stereocenters. The monoisotopic (exact) mass is 302 g/mol. The smallest absolute Gasteiger partial charge is 0.272 e. The molecule has 2 atom stereocenters. The molecule has 0 aromatic heterocycles. The van der Waals surface area contributed by atoms with Crippen LogP contribution >= 0.6 is 23.2 Å². The Morgan fingerprint density at radius 1 is 1.26 bits per heavy atom. The van der Waals surface area contributed by atoms with Crippen molar-refractivity contribution >= 4 is 34.6 Å². The number of nitrogens with one attached hydrogen (secondary N) is 1. The van der Waals surface area contributed by atoms with Crippen LogP contribution in [0.2, 0.25) is 10.0 Å². The summed E-state index contributed by atoms with van der Waals surface area (Å²) < 4.78 is 0. The molecular formula is C13H16Cl2N2O2. The van der Waals surface area contributed by atoms with Gasteiger partial charge < -0.3 is 5.32 Å². The van der Waals surface area contributed by atoms with Crippen molar-refractivity contribution in [1.82, 2.24) is 0 Å². The van der Waals surface area contributed by atoms with Crippen LogP contribution in [0.25, 0.3) is 0 Å². The molecule has 0 aliphatic heterocycles. The number of hydrogen-bond donors (Lipinski definition) is 1. The van der Waals surface area contributed by atoms with Crippen molar-refractivity contribution in [2.24, 2.45) is 5.92 Å². The van der Waals surface area contributed by atoms with Crippen LogP contribution in [0.5, 0.6) is 0 Å². The molecule has 0 saturated heterocycles. The van der Waals surface area contributed by atoms with E-state index in [-0.39, 0.29) is 5.69 Å². The zero-order chi connectivity index (χ0) is 14.0. The van der Waals surface area contributed by atoms with E-state index in [1.807, 2.05) is 0 Å². The molecule has 0 spiro atoms. The van der Waals surface area contributed by atoms with E-state index >= 15 is 0 Å². The van der Waals surface area contributed by atoms with Gasteiger partial charge in [-0.3, -0.25) is 10.1 Å². The number of hydrogen-bond acceptors (Lipinski definition) is 3. The number of benzene rings is 1. The number of anilines is 1. The lowest BCUT2D eigenvalue weighted by Gasteiger charge is -2.31. The molecule has 19 heavy (non-hydrogen) atoms. The number of rotatable bonds is 3. The fraction of sp³-hybridized carbons (Fsp3) is 0.538. The van der Waals surface area contributed by atoms with Crippen LogP contribution in [0.15, 0.2) is 12.1 Å². The number of nitro groups is 1. The van der Waals surface area contributed by atoms with Crippen molar-refractivity contribution in [1.29, 1.82) is 0 Å². The molecular weight excluding hydrogens is 287 g/mol. The lowest BCUT2D eigenvalue weighted by Crippen LogP contribution is -2.30. The summed E-state index contributed by atoms with van der Waals surface area (Å²) >= 11 is 12.2. The Kier molecular flexibility index (Phi) is 4.53. The minimum Gasteiger partial charge on any atom is -0.380 e. The van der Waals surface area contributed by atoms with Gasteiger partial charge in [-0.05, 0) is 18.8 Å². The molecule has 1 aromatic carbocycles. The highest BCUT2D eigenvalue weighted by Gasteiger charge is 2.23. The highest BCUT2D eigenvalue weighted by atomic mass is 35.5. The maximum Gasteiger partial charge on any atom is 0.272 e. The summed E-state index contributed by atoms with van der Waals surface area (Å²) in [7, 11) is 0. The summed E-state index contributed by atoms with van der Waals surface area (Å²) in [5, 5.41) is 14.7. The summed E-state index contributed by atoms with van der Waals surface area (Å²) in [6, 6.07) is 3.00. The number of halogens is 2. The van der Waals surface area contributed by atoms with Crippen LogP contribution in [-0.4, -0.2) is 11.0 Å². The van der Waals surface area contributed by atoms with Crippen LogP contribution in [0, 0.1) is 16.0 Å². The Hall–Kier alpha value is -1.00. The third-order valence-electron chi connectivity index (χ3n) is 3.68. The zero-order valence-electron chi connectivity index (χ0n) is 10.7. The predicted molar refractivity (Wildman–Crippen MR) is 78.2 cm³/mol. The number of nitrogens with zero attached hydrogens (tertiary/aromatic N) is 1. The molecule has 0 radical (unpaired) electrons. The first-order valence-electron chi connectivity index (χ1n) is 6.39. The van der Waals surface area contributed by atoms with Gasteiger partial charge in [-0.1, -0.05) is 43.0 Å². The predicted octanol–water partition coefficient (Wildman–Crippen LogP) is 4.89. The van der Waals surface area contributed by atoms with Crippen molar-refractivity contribution in [3.8, 4) is 0 Å². The van der Waals surface area contributed by atoms with Crippen LogP contribution in [0.4, 0.5) is 11.4 Å². The lowest BCUT2D eigenvalue weighted by molar-refractivity contribution is -0.384. The summed E-state index contributed by atoms with van der Waals surface area (Å²) in [6.45, 7) is 2.20. The van der Waals surface area contributed by atoms with Gasteiger partial charge in [0.15, 0.2) is 0 Å². The first kappa shape index (κ1) is 14.4. The molecule has 1 aliphatic rings. The molecule has 4 nitrogen and oxygen atoms in total. The van der Waals surface area contributed by atoms with Crippen molar-refractivity contribution < 1.29 is 4.92 Å². The first-order chi connectivity index (χ1) is 8.99.